The molecule has 0 aliphatic carbocycles. The van der Waals surface area contributed by atoms with Gasteiger partial charge in [-0.1, -0.05) is 0 Å². The molecule has 1 N–H and O–H groups in total. The van der Waals surface area contributed by atoms with Crippen molar-refractivity contribution in [3.8, 4) is 0 Å². The molecule has 0 fully saturated rings. The van der Waals surface area contributed by atoms with Crippen LogP contribution in [0.1, 0.15) is 27.2 Å². The predicted molar refractivity (Wildman–Crippen MR) is 52.7 cm³/mol. The lowest BCUT2D eigenvalue weighted by Crippen LogP contribution is -2.36. The summed E-state index contributed by atoms with van der Waals surface area (Å²) in [5.41, 5.74) is -0.471. The fourth-order valence-corrected chi connectivity index (χ4v) is 1.12. The fraction of sp³-hybridized carbons (Fsp3) is 0.700. The summed E-state index contributed by atoms with van der Waals surface area (Å²) in [5.74, 6) is 0. The Morgan fingerprint density at radius 3 is 2.64 bits per heavy atom. The minimum absolute atomic E-state index is 0.361. The lowest BCUT2D eigenvalue weighted by Gasteiger charge is -2.27. The third kappa shape index (κ3) is 3.38. The zero-order chi connectivity index (χ0) is 10.8. The molecule has 4 nitrogen and oxygen atoms in total. The van der Waals surface area contributed by atoms with Crippen LogP contribution in [-0.2, 0) is 4.74 Å². The second-order valence-electron chi connectivity index (χ2n) is 4.37. The smallest absolute Gasteiger partial charge is 0.414 e. The second-order valence-corrected chi connectivity index (χ2v) is 4.37. The van der Waals surface area contributed by atoms with Gasteiger partial charge in [0, 0.05) is 12.7 Å². The maximum absolute atomic E-state index is 11.5. The van der Waals surface area contributed by atoms with Crippen LogP contribution >= 0.6 is 0 Å². The summed E-state index contributed by atoms with van der Waals surface area (Å²) in [6, 6.07) is 0. The quantitative estimate of drug-likeness (QED) is 0.643. The molecule has 0 spiro atoms. The number of ether oxygens (including phenoxy) is 1. The van der Waals surface area contributed by atoms with Crippen LogP contribution in [-0.4, -0.2) is 34.3 Å². The summed E-state index contributed by atoms with van der Waals surface area (Å²) in [6.45, 7) is 5.99. The third-order valence-electron chi connectivity index (χ3n) is 1.78. The summed E-state index contributed by atoms with van der Waals surface area (Å²) in [4.78, 5) is 13.0. The molecule has 0 aromatic rings. The van der Waals surface area contributed by atoms with Gasteiger partial charge in [0.1, 0.15) is 5.60 Å². The van der Waals surface area contributed by atoms with Crippen molar-refractivity contribution in [2.24, 2.45) is 0 Å². The Morgan fingerprint density at radius 1 is 1.57 bits per heavy atom. The summed E-state index contributed by atoms with van der Waals surface area (Å²) < 4.78 is 5.17. The minimum Gasteiger partial charge on any atom is -0.443 e. The molecule has 1 amide bonds. The Morgan fingerprint density at radius 2 is 2.21 bits per heavy atom. The van der Waals surface area contributed by atoms with Crippen LogP contribution < -0.4 is 0 Å². The molecule has 1 heterocycles. The van der Waals surface area contributed by atoms with Gasteiger partial charge in [-0.15, -0.1) is 0 Å². The largest absolute Gasteiger partial charge is 0.443 e. The molecular weight excluding hydrogens is 182 g/mol. The molecule has 1 rings (SSSR count). The third-order valence-corrected chi connectivity index (χ3v) is 1.78. The first-order valence-electron chi connectivity index (χ1n) is 4.74. The molecule has 1 aliphatic rings. The average molecular weight is 199 g/mol. The lowest BCUT2D eigenvalue weighted by atomic mass is 10.2. The van der Waals surface area contributed by atoms with Crippen molar-refractivity contribution in [2.45, 2.75) is 38.9 Å². The molecule has 1 aliphatic heterocycles. The van der Waals surface area contributed by atoms with E-state index in [2.05, 4.69) is 0 Å². The first-order chi connectivity index (χ1) is 6.38. The van der Waals surface area contributed by atoms with Crippen molar-refractivity contribution < 1.29 is 14.6 Å². The molecule has 0 bridgehead atoms. The standard InChI is InChI=1S/C10H17NO3/c1-10(2,3)14-9(13)11-6-4-8(12)5-7-11/h4,6,8,12H,5,7H2,1-3H3. The van der Waals surface area contributed by atoms with Gasteiger partial charge in [-0.2, -0.15) is 0 Å². The highest BCUT2D eigenvalue weighted by Gasteiger charge is 2.22. The monoisotopic (exact) mass is 199 g/mol. The minimum atomic E-state index is -0.471. The van der Waals surface area contributed by atoms with Gasteiger partial charge in [0.2, 0.25) is 0 Å². The lowest BCUT2D eigenvalue weighted by molar-refractivity contribution is 0.0301. The number of amides is 1. The van der Waals surface area contributed by atoms with Crippen molar-refractivity contribution >= 4 is 6.09 Å². The Balaban J connectivity index is 2.50. The number of carbonyl (C=O) groups is 1. The SMILES string of the molecule is CC(C)(C)OC(=O)N1C=CC(O)CC1. The molecule has 1 atom stereocenters. The maximum Gasteiger partial charge on any atom is 0.414 e. The van der Waals surface area contributed by atoms with Gasteiger partial charge in [0.25, 0.3) is 0 Å². The van der Waals surface area contributed by atoms with Gasteiger partial charge in [0.05, 0.1) is 6.10 Å². The molecule has 0 saturated carbocycles. The zero-order valence-corrected chi connectivity index (χ0v) is 8.86. The van der Waals surface area contributed by atoms with Crippen LogP contribution in [0.4, 0.5) is 4.79 Å². The summed E-state index contributed by atoms with van der Waals surface area (Å²) in [5, 5.41) is 9.18. The van der Waals surface area contributed by atoms with Gasteiger partial charge in [-0.05, 0) is 33.3 Å². The highest BCUT2D eigenvalue weighted by Crippen LogP contribution is 2.13. The first-order valence-corrected chi connectivity index (χ1v) is 4.74. The average Bonchev–Trinajstić information content (AvgIpc) is 2.02. The molecular formula is C10H17NO3. The van der Waals surface area contributed by atoms with E-state index in [1.165, 1.54) is 4.90 Å². The topological polar surface area (TPSA) is 49.8 Å². The number of aliphatic hydroxyl groups excluding tert-OH is 1. The zero-order valence-electron chi connectivity index (χ0n) is 8.86. The maximum atomic E-state index is 11.5. The van der Waals surface area contributed by atoms with Gasteiger partial charge >= 0.3 is 6.09 Å². The van der Waals surface area contributed by atoms with E-state index in [1.54, 1.807) is 12.3 Å². The van der Waals surface area contributed by atoms with Crippen LogP contribution in [0.5, 0.6) is 0 Å². The predicted octanol–water partition coefficient (Wildman–Crippen LogP) is 1.50. The van der Waals surface area contributed by atoms with Crippen molar-refractivity contribution in [1.29, 1.82) is 0 Å². The van der Waals surface area contributed by atoms with Crippen LogP contribution in [0.3, 0.4) is 0 Å². The van der Waals surface area contributed by atoms with E-state index < -0.39 is 11.7 Å². The van der Waals surface area contributed by atoms with E-state index in [-0.39, 0.29) is 6.09 Å². The van der Waals surface area contributed by atoms with Gasteiger partial charge in [0.15, 0.2) is 0 Å². The van der Waals surface area contributed by atoms with Gasteiger partial charge in [-0.25, -0.2) is 4.79 Å². The number of hydrogen-bond donors (Lipinski definition) is 1. The van der Waals surface area contributed by atoms with Crippen molar-refractivity contribution in [3.63, 3.8) is 0 Å². The van der Waals surface area contributed by atoms with Crippen molar-refractivity contribution in [2.75, 3.05) is 6.54 Å². The molecule has 0 aromatic heterocycles. The molecule has 0 radical (unpaired) electrons. The van der Waals surface area contributed by atoms with E-state index in [0.717, 1.165) is 0 Å². The van der Waals surface area contributed by atoms with E-state index in [9.17, 15) is 9.90 Å². The van der Waals surface area contributed by atoms with E-state index >= 15 is 0 Å². The van der Waals surface area contributed by atoms with Crippen LogP contribution in [0, 0.1) is 0 Å². The normalized spacial score (nSPS) is 22.3. The highest BCUT2D eigenvalue weighted by atomic mass is 16.6. The van der Waals surface area contributed by atoms with Gasteiger partial charge < -0.3 is 9.84 Å². The first kappa shape index (κ1) is 11.0. The Hall–Kier alpha value is -1.03. The Bertz CT molecular complexity index is 242. The summed E-state index contributed by atoms with van der Waals surface area (Å²) in [6.07, 6.45) is 2.93. The molecule has 80 valence electrons. The van der Waals surface area contributed by atoms with E-state index in [4.69, 9.17) is 4.74 Å². The van der Waals surface area contributed by atoms with Crippen LogP contribution in [0.2, 0.25) is 0 Å². The molecule has 4 heteroatoms. The summed E-state index contributed by atoms with van der Waals surface area (Å²) in [7, 11) is 0. The van der Waals surface area contributed by atoms with E-state index in [1.807, 2.05) is 20.8 Å². The number of carbonyl (C=O) groups excluding carboxylic acids is 1. The van der Waals surface area contributed by atoms with Crippen molar-refractivity contribution in [1.82, 2.24) is 4.90 Å². The summed E-state index contributed by atoms with van der Waals surface area (Å²) >= 11 is 0. The Labute approximate surface area is 84.2 Å². The van der Waals surface area contributed by atoms with Gasteiger partial charge in [-0.3, -0.25) is 4.90 Å². The molecule has 0 saturated heterocycles. The number of aliphatic hydroxyl groups is 1. The Kier molecular flexibility index (Phi) is 3.16. The number of rotatable bonds is 0. The highest BCUT2D eigenvalue weighted by molar-refractivity contribution is 5.69. The van der Waals surface area contributed by atoms with Crippen LogP contribution in [0.25, 0.3) is 0 Å². The van der Waals surface area contributed by atoms with E-state index in [0.29, 0.717) is 13.0 Å². The number of hydrogen-bond acceptors (Lipinski definition) is 3. The second kappa shape index (κ2) is 4.00. The molecule has 14 heavy (non-hydrogen) atoms. The number of nitrogens with zero attached hydrogens (tertiary/aromatic N) is 1. The molecule has 0 aromatic carbocycles. The fourth-order valence-electron chi connectivity index (χ4n) is 1.12. The van der Waals surface area contributed by atoms with Crippen LogP contribution in [0.15, 0.2) is 12.3 Å². The van der Waals surface area contributed by atoms with Crippen molar-refractivity contribution in [3.05, 3.63) is 12.3 Å². The molecule has 1 unspecified atom stereocenters.